The van der Waals surface area contributed by atoms with Crippen LogP contribution in [0.3, 0.4) is 0 Å². The molecule has 0 saturated carbocycles. The summed E-state index contributed by atoms with van der Waals surface area (Å²) in [5.74, 6) is 0.300. The smallest absolute Gasteiger partial charge is 0.311 e. The van der Waals surface area contributed by atoms with E-state index in [1.165, 1.54) is 6.07 Å². The van der Waals surface area contributed by atoms with Crippen LogP contribution in [0.4, 0.5) is 5.69 Å². The molecule has 0 fully saturated rings. The molecule has 2 N–H and O–H groups in total. The molecule has 1 aromatic carbocycles. The standard InChI is InChI=1S/C13H20N2O4/c1-14-10-11-5-6-13(12(9-11)15(17)18)19-8-4-2-3-7-16/h5-6,9,14,16H,2-4,7-8,10H2,1H3. The first kappa shape index (κ1) is 15.4. The SMILES string of the molecule is CNCc1ccc(OCCCCCO)c([N+](=O)[O-])c1. The molecule has 0 aliphatic rings. The molecule has 0 amide bonds. The lowest BCUT2D eigenvalue weighted by Crippen LogP contribution is -2.06. The maximum absolute atomic E-state index is 11.0. The van der Waals surface area contributed by atoms with Gasteiger partial charge in [-0.1, -0.05) is 6.07 Å². The van der Waals surface area contributed by atoms with Crippen LogP contribution in [0.2, 0.25) is 0 Å². The summed E-state index contributed by atoms with van der Waals surface area (Å²) in [6.45, 7) is 1.17. The van der Waals surface area contributed by atoms with Crippen LogP contribution in [0.15, 0.2) is 18.2 Å². The highest BCUT2D eigenvalue weighted by Crippen LogP contribution is 2.28. The Kier molecular flexibility index (Phi) is 6.84. The van der Waals surface area contributed by atoms with Gasteiger partial charge in [0.2, 0.25) is 0 Å². The summed E-state index contributed by atoms with van der Waals surface area (Å²) >= 11 is 0. The fraction of sp³-hybridized carbons (Fsp3) is 0.538. The highest BCUT2D eigenvalue weighted by Gasteiger charge is 2.15. The predicted molar refractivity (Wildman–Crippen MR) is 72.3 cm³/mol. The molecule has 19 heavy (non-hydrogen) atoms. The molecule has 0 saturated heterocycles. The van der Waals surface area contributed by atoms with Gasteiger partial charge in [-0.3, -0.25) is 10.1 Å². The van der Waals surface area contributed by atoms with Crippen LogP contribution in [0.1, 0.15) is 24.8 Å². The van der Waals surface area contributed by atoms with Crippen LogP contribution in [0, 0.1) is 10.1 Å². The molecule has 0 aliphatic carbocycles. The molecule has 0 aromatic heterocycles. The summed E-state index contributed by atoms with van der Waals surface area (Å²) in [6.07, 6.45) is 2.35. The van der Waals surface area contributed by atoms with Gasteiger partial charge in [0, 0.05) is 19.2 Å². The second kappa shape index (κ2) is 8.44. The lowest BCUT2D eigenvalue weighted by Gasteiger charge is -2.08. The van der Waals surface area contributed by atoms with Crippen molar-refractivity contribution >= 4 is 5.69 Å². The summed E-state index contributed by atoms with van der Waals surface area (Å²) in [5, 5.41) is 22.6. The van der Waals surface area contributed by atoms with Crippen molar-refractivity contribution in [2.45, 2.75) is 25.8 Å². The van der Waals surface area contributed by atoms with Crippen molar-refractivity contribution in [2.75, 3.05) is 20.3 Å². The number of nitro groups is 1. The molecule has 0 heterocycles. The third-order valence-electron chi connectivity index (χ3n) is 2.66. The number of ether oxygens (including phenoxy) is 1. The fourth-order valence-electron chi connectivity index (χ4n) is 1.71. The van der Waals surface area contributed by atoms with E-state index in [1.807, 2.05) is 6.07 Å². The number of rotatable bonds is 9. The number of nitrogens with one attached hydrogen (secondary N) is 1. The number of nitro benzene ring substituents is 1. The maximum atomic E-state index is 11.0. The summed E-state index contributed by atoms with van der Waals surface area (Å²) in [4.78, 5) is 10.6. The first-order valence-electron chi connectivity index (χ1n) is 6.34. The van der Waals surface area contributed by atoms with E-state index in [-0.39, 0.29) is 12.3 Å². The number of benzene rings is 1. The van der Waals surface area contributed by atoms with Gasteiger partial charge in [-0.25, -0.2) is 0 Å². The molecule has 1 rings (SSSR count). The van der Waals surface area contributed by atoms with Crippen LogP contribution >= 0.6 is 0 Å². The third-order valence-corrected chi connectivity index (χ3v) is 2.66. The predicted octanol–water partition coefficient (Wildman–Crippen LogP) is 1.86. The maximum Gasteiger partial charge on any atom is 0.311 e. The highest BCUT2D eigenvalue weighted by molar-refractivity contribution is 5.48. The van der Waals surface area contributed by atoms with Gasteiger partial charge >= 0.3 is 5.69 Å². The van der Waals surface area contributed by atoms with Gasteiger partial charge in [-0.05, 0) is 37.9 Å². The van der Waals surface area contributed by atoms with E-state index >= 15 is 0 Å². The molecule has 6 nitrogen and oxygen atoms in total. The average molecular weight is 268 g/mol. The van der Waals surface area contributed by atoms with Crippen LogP contribution < -0.4 is 10.1 Å². The molecular formula is C13H20N2O4. The summed E-state index contributed by atoms with van der Waals surface area (Å²) < 4.78 is 5.43. The van der Waals surface area contributed by atoms with Gasteiger partial charge in [-0.15, -0.1) is 0 Å². The Hall–Kier alpha value is -1.66. The minimum Gasteiger partial charge on any atom is -0.487 e. The van der Waals surface area contributed by atoms with Gasteiger partial charge in [0.05, 0.1) is 11.5 Å². The second-order valence-electron chi connectivity index (χ2n) is 4.22. The zero-order chi connectivity index (χ0) is 14.1. The first-order valence-corrected chi connectivity index (χ1v) is 6.34. The summed E-state index contributed by atoms with van der Waals surface area (Å²) in [6, 6.07) is 4.98. The Morgan fingerprint density at radius 2 is 2.16 bits per heavy atom. The number of aliphatic hydroxyl groups is 1. The van der Waals surface area contributed by atoms with Crippen LogP contribution in [-0.4, -0.2) is 30.3 Å². The Morgan fingerprint density at radius 3 is 2.79 bits per heavy atom. The minimum absolute atomic E-state index is 0.00471. The number of nitrogens with zero attached hydrogens (tertiary/aromatic N) is 1. The zero-order valence-electron chi connectivity index (χ0n) is 11.1. The number of hydrogen-bond donors (Lipinski definition) is 2. The van der Waals surface area contributed by atoms with Crippen LogP contribution in [0.25, 0.3) is 0 Å². The topological polar surface area (TPSA) is 84.6 Å². The van der Waals surface area contributed by atoms with E-state index in [4.69, 9.17) is 9.84 Å². The number of aliphatic hydroxyl groups excluding tert-OH is 1. The van der Waals surface area contributed by atoms with Crippen molar-refractivity contribution in [3.05, 3.63) is 33.9 Å². The quantitative estimate of drug-likeness (QED) is 0.405. The lowest BCUT2D eigenvalue weighted by molar-refractivity contribution is -0.385. The van der Waals surface area contributed by atoms with E-state index < -0.39 is 4.92 Å². The molecule has 0 atom stereocenters. The van der Waals surface area contributed by atoms with Crippen molar-refractivity contribution in [3.8, 4) is 5.75 Å². The molecule has 1 aromatic rings. The Labute approximate surface area is 112 Å². The molecule has 0 radical (unpaired) electrons. The Morgan fingerprint density at radius 1 is 1.37 bits per heavy atom. The van der Waals surface area contributed by atoms with Crippen molar-refractivity contribution in [3.63, 3.8) is 0 Å². The monoisotopic (exact) mass is 268 g/mol. The molecule has 106 valence electrons. The molecular weight excluding hydrogens is 248 g/mol. The molecule has 0 spiro atoms. The number of unbranched alkanes of at least 4 members (excludes halogenated alkanes) is 2. The van der Waals surface area contributed by atoms with Crippen molar-refractivity contribution in [1.82, 2.24) is 5.32 Å². The zero-order valence-corrected chi connectivity index (χ0v) is 11.1. The van der Waals surface area contributed by atoms with Gasteiger partial charge in [0.15, 0.2) is 5.75 Å². The fourth-order valence-corrected chi connectivity index (χ4v) is 1.71. The van der Waals surface area contributed by atoms with Crippen molar-refractivity contribution < 1.29 is 14.8 Å². The normalized spacial score (nSPS) is 10.4. The molecule has 6 heteroatoms. The van der Waals surface area contributed by atoms with E-state index in [9.17, 15) is 10.1 Å². The van der Waals surface area contributed by atoms with Crippen LogP contribution in [0.5, 0.6) is 5.75 Å². The van der Waals surface area contributed by atoms with E-state index in [0.717, 1.165) is 24.8 Å². The highest BCUT2D eigenvalue weighted by atomic mass is 16.6. The van der Waals surface area contributed by atoms with Crippen molar-refractivity contribution in [2.24, 2.45) is 0 Å². The van der Waals surface area contributed by atoms with Crippen LogP contribution in [-0.2, 0) is 6.54 Å². The molecule has 0 bridgehead atoms. The van der Waals surface area contributed by atoms with Crippen molar-refractivity contribution in [1.29, 1.82) is 0 Å². The van der Waals surface area contributed by atoms with E-state index in [2.05, 4.69) is 5.32 Å². The Balaban J connectivity index is 2.63. The molecule has 0 aliphatic heterocycles. The second-order valence-corrected chi connectivity index (χ2v) is 4.22. The molecule has 0 unspecified atom stereocenters. The largest absolute Gasteiger partial charge is 0.487 e. The number of hydrogen-bond acceptors (Lipinski definition) is 5. The van der Waals surface area contributed by atoms with Gasteiger partial charge in [0.25, 0.3) is 0 Å². The summed E-state index contributed by atoms with van der Waals surface area (Å²) in [5.41, 5.74) is 0.844. The Bertz CT molecular complexity index is 410. The average Bonchev–Trinajstić information content (AvgIpc) is 2.40. The first-order chi connectivity index (χ1) is 9.19. The van der Waals surface area contributed by atoms with Gasteiger partial charge < -0.3 is 15.2 Å². The lowest BCUT2D eigenvalue weighted by atomic mass is 10.2. The van der Waals surface area contributed by atoms with Gasteiger partial charge in [0.1, 0.15) is 0 Å². The van der Waals surface area contributed by atoms with Gasteiger partial charge in [-0.2, -0.15) is 0 Å². The third kappa shape index (κ3) is 5.23. The van der Waals surface area contributed by atoms with E-state index in [1.54, 1.807) is 13.1 Å². The summed E-state index contributed by atoms with van der Waals surface area (Å²) in [7, 11) is 1.79. The minimum atomic E-state index is -0.428. The van der Waals surface area contributed by atoms with E-state index in [0.29, 0.717) is 18.9 Å².